The predicted molar refractivity (Wildman–Crippen MR) is 90.6 cm³/mol. The highest BCUT2D eigenvalue weighted by Gasteiger charge is 2.17. The van der Waals surface area contributed by atoms with Crippen molar-refractivity contribution in [2.75, 3.05) is 6.54 Å². The maximum atomic E-state index is 10.5. The highest BCUT2D eigenvalue weighted by molar-refractivity contribution is 7.21. The van der Waals surface area contributed by atoms with Crippen molar-refractivity contribution >= 4 is 27.1 Å². The van der Waals surface area contributed by atoms with E-state index in [1.54, 1.807) is 17.4 Å². The van der Waals surface area contributed by atoms with Crippen molar-refractivity contribution in [2.24, 2.45) is 4.99 Å². The normalized spacial score (nSPS) is 11.7. The van der Waals surface area contributed by atoms with Crippen LogP contribution in [0.15, 0.2) is 72.2 Å². The minimum atomic E-state index is 0.308. The zero-order chi connectivity index (χ0) is 14.7. The van der Waals surface area contributed by atoms with Gasteiger partial charge in [0.25, 0.3) is 0 Å². The van der Waals surface area contributed by atoms with Gasteiger partial charge >= 0.3 is 0 Å². The molecule has 2 aromatic carbocycles. The second-order valence-electron chi connectivity index (χ2n) is 4.62. The molecule has 0 atom stereocenters. The van der Waals surface area contributed by atoms with Crippen molar-refractivity contribution in [3.05, 3.63) is 77.7 Å². The van der Waals surface area contributed by atoms with Crippen molar-refractivity contribution < 1.29 is 5.11 Å². The summed E-state index contributed by atoms with van der Waals surface area (Å²) in [7, 11) is 0. The third-order valence-electron chi connectivity index (χ3n) is 3.21. The molecule has 0 saturated carbocycles. The third-order valence-corrected chi connectivity index (χ3v) is 4.38. The first-order valence-electron chi connectivity index (χ1n) is 6.73. The molecule has 0 saturated heterocycles. The van der Waals surface area contributed by atoms with Crippen molar-refractivity contribution in [1.82, 2.24) is 0 Å². The summed E-state index contributed by atoms with van der Waals surface area (Å²) in [6.07, 6.45) is 1.76. The van der Waals surface area contributed by atoms with Gasteiger partial charge in [-0.2, -0.15) is 0 Å². The van der Waals surface area contributed by atoms with E-state index < -0.39 is 0 Å². The Hall–Kier alpha value is -2.39. The number of rotatable bonds is 4. The van der Waals surface area contributed by atoms with Crippen LogP contribution in [0.2, 0.25) is 0 Å². The van der Waals surface area contributed by atoms with Crippen LogP contribution < -0.4 is 0 Å². The van der Waals surface area contributed by atoms with Crippen LogP contribution in [0.25, 0.3) is 10.1 Å². The zero-order valence-electron chi connectivity index (χ0n) is 11.5. The molecule has 1 aromatic heterocycles. The average molecular weight is 293 g/mol. The third kappa shape index (κ3) is 2.60. The molecule has 0 aliphatic carbocycles. The predicted octanol–water partition coefficient (Wildman–Crippen LogP) is 4.63. The molecule has 0 aliphatic heterocycles. The van der Waals surface area contributed by atoms with Gasteiger partial charge in [-0.25, -0.2) is 0 Å². The largest absolute Gasteiger partial charge is 0.506 e. The lowest BCUT2D eigenvalue weighted by molar-refractivity contribution is 0.483. The lowest BCUT2D eigenvalue weighted by atomic mass is 10.1. The molecule has 1 heterocycles. The molecule has 1 N–H and O–H groups in total. The Morgan fingerprint density at radius 3 is 2.52 bits per heavy atom. The van der Waals surface area contributed by atoms with Gasteiger partial charge in [-0.3, -0.25) is 4.99 Å². The van der Waals surface area contributed by atoms with E-state index in [9.17, 15) is 5.11 Å². The van der Waals surface area contributed by atoms with E-state index in [-0.39, 0.29) is 0 Å². The Labute approximate surface area is 127 Å². The Morgan fingerprint density at radius 2 is 1.81 bits per heavy atom. The SMILES string of the molecule is C=CCN=C(c1ccccc1)c1sc2ccccc2c1O. The van der Waals surface area contributed by atoms with Crippen molar-refractivity contribution in [3.63, 3.8) is 0 Å². The van der Waals surface area contributed by atoms with E-state index in [0.29, 0.717) is 12.3 Å². The fourth-order valence-corrected chi connectivity index (χ4v) is 3.37. The van der Waals surface area contributed by atoms with Gasteiger partial charge in [0.15, 0.2) is 0 Å². The lowest BCUT2D eigenvalue weighted by Gasteiger charge is -2.05. The van der Waals surface area contributed by atoms with Gasteiger partial charge < -0.3 is 5.11 Å². The van der Waals surface area contributed by atoms with Gasteiger partial charge in [0.1, 0.15) is 5.75 Å². The van der Waals surface area contributed by atoms with Crippen molar-refractivity contribution in [2.45, 2.75) is 0 Å². The van der Waals surface area contributed by atoms with Crippen LogP contribution in [0.1, 0.15) is 10.4 Å². The number of hydrogen-bond acceptors (Lipinski definition) is 3. The fourth-order valence-electron chi connectivity index (χ4n) is 2.24. The first-order valence-corrected chi connectivity index (χ1v) is 7.54. The second kappa shape index (κ2) is 5.94. The van der Waals surface area contributed by atoms with Gasteiger partial charge in [-0.1, -0.05) is 48.5 Å². The fraction of sp³-hybridized carbons (Fsp3) is 0.0556. The molecule has 3 rings (SSSR count). The van der Waals surface area contributed by atoms with Crippen LogP contribution in [-0.2, 0) is 0 Å². The smallest absolute Gasteiger partial charge is 0.143 e. The first kappa shape index (κ1) is 13.6. The minimum Gasteiger partial charge on any atom is -0.506 e. The van der Waals surface area contributed by atoms with Crippen LogP contribution in [0, 0.1) is 0 Å². The molecule has 0 unspecified atom stereocenters. The monoisotopic (exact) mass is 293 g/mol. The molecular formula is C18H15NOS. The number of aromatic hydroxyl groups is 1. The standard InChI is InChI=1S/C18H15NOS/c1-2-12-19-16(13-8-4-3-5-9-13)18-17(20)14-10-6-7-11-15(14)21-18/h2-11,20H,1,12H2. The van der Waals surface area contributed by atoms with E-state index in [4.69, 9.17) is 0 Å². The van der Waals surface area contributed by atoms with E-state index >= 15 is 0 Å². The van der Waals surface area contributed by atoms with Gasteiger partial charge in [0.05, 0.1) is 17.1 Å². The number of fused-ring (bicyclic) bond motifs is 1. The van der Waals surface area contributed by atoms with Crippen molar-refractivity contribution in [1.29, 1.82) is 0 Å². The molecule has 0 bridgehead atoms. The highest BCUT2D eigenvalue weighted by atomic mass is 32.1. The summed E-state index contributed by atoms with van der Waals surface area (Å²) >= 11 is 1.56. The van der Waals surface area contributed by atoms with Gasteiger partial charge in [-0.05, 0) is 12.1 Å². The lowest BCUT2D eigenvalue weighted by Crippen LogP contribution is -2.02. The topological polar surface area (TPSA) is 32.6 Å². The summed E-state index contributed by atoms with van der Waals surface area (Å²) in [6, 6.07) is 17.8. The quantitative estimate of drug-likeness (QED) is 0.552. The Bertz CT molecular complexity index is 802. The second-order valence-corrected chi connectivity index (χ2v) is 5.67. The number of thiophene rings is 1. The van der Waals surface area contributed by atoms with E-state index in [1.807, 2.05) is 54.6 Å². The van der Waals surface area contributed by atoms with Gasteiger partial charge in [0.2, 0.25) is 0 Å². The Kier molecular flexibility index (Phi) is 3.84. The summed E-state index contributed by atoms with van der Waals surface area (Å²) in [5.74, 6) is 0.308. The molecule has 2 nitrogen and oxygen atoms in total. The van der Waals surface area contributed by atoms with E-state index in [2.05, 4.69) is 11.6 Å². The summed E-state index contributed by atoms with van der Waals surface area (Å²) in [5, 5.41) is 11.4. The van der Waals surface area contributed by atoms with E-state index in [1.165, 1.54) is 0 Å². The first-order chi connectivity index (χ1) is 10.3. The molecule has 104 valence electrons. The molecular weight excluding hydrogens is 278 g/mol. The number of benzene rings is 2. The Morgan fingerprint density at radius 1 is 1.10 bits per heavy atom. The molecule has 0 fully saturated rings. The van der Waals surface area contributed by atoms with Crippen LogP contribution in [0.5, 0.6) is 5.75 Å². The molecule has 3 aromatic rings. The average Bonchev–Trinajstić information content (AvgIpc) is 2.86. The molecule has 3 heteroatoms. The number of nitrogens with zero attached hydrogens (tertiary/aromatic N) is 1. The number of aliphatic imine (C=N–C) groups is 1. The van der Waals surface area contributed by atoms with Gasteiger partial charge in [0, 0.05) is 15.6 Å². The molecule has 0 aliphatic rings. The minimum absolute atomic E-state index is 0.308. The van der Waals surface area contributed by atoms with Crippen molar-refractivity contribution in [3.8, 4) is 5.75 Å². The maximum Gasteiger partial charge on any atom is 0.143 e. The summed E-state index contributed by atoms with van der Waals surface area (Å²) in [4.78, 5) is 5.40. The zero-order valence-corrected chi connectivity index (χ0v) is 12.3. The molecule has 0 spiro atoms. The summed E-state index contributed by atoms with van der Waals surface area (Å²) < 4.78 is 1.06. The highest BCUT2D eigenvalue weighted by Crippen LogP contribution is 2.38. The van der Waals surface area contributed by atoms with Gasteiger partial charge in [-0.15, -0.1) is 17.9 Å². The molecule has 0 amide bonds. The number of hydrogen-bond donors (Lipinski definition) is 1. The molecule has 0 radical (unpaired) electrons. The van der Waals surface area contributed by atoms with Crippen LogP contribution in [-0.4, -0.2) is 17.4 Å². The summed E-state index contributed by atoms with van der Waals surface area (Å²) in [5.41, 5.74) is 1.82. The van der Waals surface area contributed by atoms with E-state index in [0.717, 1.165) is 26.2 Å². The van der Waals surface area contributed by atoms with Crippen LogP contribution >= 0.6 is 11.3 Å². The van der Waals surface area contributed by atoms with Crippen LogP contribution in [0.4, 0.5) is 0 Å². The Balaban J connectivity index is 2.19. The molecule has 21 heavy (non-hydrogen) atoms. The summed E-state index contributed by atoms with van der Waals surface area (Å²) in [6.45, 7) is 4.24. The maximum absolute atomic E-state index is 10.5. The van der Waals surface area contributed by atoms with Crippen LogP contribution in [0.3, 0.4) is 0 Å².